The van der Waals surface area contributed by atoms with E-state index in [0.717, 1.165) is 6.42 Å². The molecule has 0 aromatic heterocycles. The summed E-state index contributed by atoms with van der Waals surface area (Å²) in [5.74, 6) is -1.00. The monoisotopic (exact) mass is 280 g/mol. The third-order valence-electron chi connectivity index (χ3n) is 3.33. The predicted octanol–water partition coefficient (Wildman–Crippen LogP) is 0.928. The summed E-state index contributed by atoms with van der Waals surface area (Å²) in [5.41, 5.74) is 5.26. The SMILES string of the molecule is NC(=O)[C@H]1CCCN(C(=O)COc2cccc(F)c2)C1. The summed E-state index contributed by atoms with van der Waals surface area (Å²) in [7, 11) is 0. The molecule has 2 N–H and O–H groups in total. The molecule has 0 spiro atoms. The van der Waals surface area contributed by atoms with E-state index in [4.69, 9.17) is 10.5 Å². The maximum Gasteiger partial charge on any atom is 0.260 e. The van der Waals surface area contributed by atoms with Gasteiger partial charge in [0.05, 0.1) is 5.92 Å². The molecule has 1 aliphatic rings. The molecule has 1 heterocycles. The first-order valence-electron chi connectivity index (χ1n) is 6.51. The van der Waals surface area contributed by atoms with Crippen LogP contribution in [0.5, 0.6) is 5.75 Å². The molecule has 0 bridgehead atoms. The van der Waals surface area contributed by atoms with Crippen LogP contribution < -0.4 is 10.5 Å². The van der Waals surface area contributed by atoms with Crippen molar-refractivity contribution in [2.45, 2.75) is 12.8 Å². The molecule has 1 aliphatic heterocycles. The third-order valence-corrected chi connectivity index (χ3v) is 3.33. The maximum atomic E-state index is 13.0. The van der Waals surface area contributed by atoms with Crippen LogP contribution in [0.4, 0.5) is 4.39 Å². The second kappa shape index (κ2) is 6.36. The molecular formula is C14H17FN2O3. The van der Waals surface area contributed by atoms with Crippen LogP contribution in [0, 0.1) is 11.7 Å². The van der Waals surface area contributed by atoms with Gasteiger partial charge in [0.2, 0.25) is 5.91 Å². The van der Waals surface area contributed by atoms with Crippen LogP contribution >= 0.6 is 0 Å². The van der Waals surface area contributed by atoms with E-state index in [1.165, 1.54) is 18.2 Å². The number of halogens is 1. The Labute approximate surface area is 116 Å². The molecule has 2 rings (SSSR count). The van der Waals surface area contributed by atoms with Crippen molar-refractivity contribution in [3.05, 3.63) is 30.1 Å². The van der Waals surface area contributed by atoms with Crippen LogP contribution in [0.15, 0.2) is 24.3 Å². The minimum Gasteiger partial charge on any atom is -0.484 e. The highest BCUT2D eigenvalue weighted by molar-refractivity contribution is 5.81. The van der Waals surface area contributed by atoms with Crippen molar-refractivity contribution in [2.24, 2.45) is 11.7 Å². The largest absolute Gasteiger partial charge is 0.484 e. The van der Waals surface area contributed by atoms with E-state index in [9.17, 15) is 14.0 Å². The lowest BCUT2D eigenvalue weighted by Crippen LogP contribution is -2.45. The Kier molecular flexibility index (Phi) is 4.55. The highest BCUT2D eigenvalue weighted by Gasteiger charge is 2.26. The standard InChI is InChI=1S/C14H17FN2O3/c15-11-4-1-5-12(7-11)20-9-13(18)17-6-2-3-10(8-17)14(16)19/h1,4-5,7,10H,2-3,6,8-9H2,(H2,16,19)/t10-/m0/s1. The molecule has 6 heteroatoms. The molecule has 0 aliphatic carbocycles. The van der Waals surface area contributed by atoms with Gasteiger partial charge in [-0.3, -0.25) is 9.59 Å². The van der Waals surface area contributed by atoms with Gasteiger partial charge >= 0.3 is 0 Å². The van der Waals surface area contributed by atoms with Crippen LogP contribution in [0.1, 0.15) is 12.8 Å². The number of piperidine rings is 1. The first kappa shape index (κ1) is 14.3. The highest BCUT2D eigenvalue weighted by Crippen LogP contribution is 2.17. The highest BCUT2D eigenvalue weighted by atomic mass is 19.1. The predicted molar refractivity (Wildman–Crippen MR) is 70.4 cm³/mol. The van der Waals surface area contributed by atoms with Crippen molar-refractivity contribution in [3.8, 4) is 5.75 Å². The van der Waals surface area contributed by atoms with Gasteiger partial charge in [0.1, 0.15) is 11.6 Å². The topological polar surface area (TPSA) is 72.6 Å². The number of carbonyl (C=O) groups excluding carboxylic acids is 2. The molecule has 1 aromatic rings. The lowest BCUT2D eigenvalue weighted by Gasteiger charge is -2.31. The normalized spacial score (nSPS) is 18.6. The molecule has 20 heavy (non-hydrogen) atoms. The number of primary amides is 1. The number of likely N-dealkylation sites (tertiary alicyclic amines) is 1. The van der Waals surface area contributed by atoms with Gasteiger partial charge in [0, 0.05) is 19.2 Å². The van der Waals surface area contributed by atoms with Gasteiger partial charge in [-0.15, -0.1) is 0 Å². The van der Waals surface area contributed by atoms with Gasteiger partial charge in [-0.2, -0.15) is 0 Å². The molecular weight excluding hydrogens is 263 g/mol. The van der Waals surface area contributed by atoms with Gasteiger partial charge in [0.15, 0.2) is 6.61 Å². The summed E-state index contributed by atoms with van der Waals surface area (Å²) in [6, 6.07) is 5.62. The van der Waals surface area contributed by atoms with E-state index in [0.29, 0.717) is 25.3 Å². The second-order valence-corrected chi connectivity index (χ2v) is 4.83. The van der Waals surface area contributed by atoms with Gasteiger partial charge < -0.3 is 15.4 Å². The average Bonchev–Trinajstić information content (AvgIpc) is 2.45. The van der Waals surface area contributed by atoms with Gasteiger partial charge in [-0.05, 0) is 25.0 Å². The minimum absolute atomic E-state index is 0.172. The van der Waals surface area contributed by atoms with E-state index in [1.54, 1.807) is 11.0 Å². The fraction of sp³-hybridized carbons (Fsp3) is 0.429. The number of benzene rings is 1. The van der Waals surface area contributed by atoms with Gasteiger partial charge in [-0.1, -0.05) is 6.07 Å². The fourth-order valence-corrected chi connectivity index (χ4v) is 2.23. The molecule has 1 atom stereocenters. The Hall–Kier alpha value is -2.11. The lowest BCUT2D eigenvalue weighted by atomic mass is 9.97. The zero-order chi connectivity index (χ0) is 14.5. The fourth-order valence-electron chi connectivity index (χ4n) is 2.23. The summed E-state index contributed by atoms with van der Waals surface area (Å²) in [4.78, 5) is 24.7. The number of nitrogens with zero attached hydrogens (tertiary/aromatic N) is 1. The molecule has 0 unspecified atom stereocenters. The number of hydrogen-bond acceptors (Lipinski definition) is 3. The van der Waals surface area contributed by atoms with Crippen molar-refractivity contribution in [2.75, 3.05) is 19.7 Å². The Morgan fingerprint density at radius 3 is 2.95 bits per heavy atom. The summed E-state index contributed by atoms with van der Waals surface area (Å²) in [6.45, 7) is 0.755. The Morgan fingerprint density at radius 1 is 1.45 bits per heavy atom. The molecule has 1 fully saturated rings. The Balaban J connectivity index is 1.87. The maximum absolute atomic E-state index is 13.0. The van der Waals surface area contributed by atoms with Crippen molar-refractivity contribution >= 4 is 11.8 Å². The molecule has 1 saturated heterocycles. The number of amides is 2. The first-order valence-corrected chi connectivity index (χ1v) is 6.51. The summed E-state index contributed by atoms with van der Waals surface area (Å²) >= 11 is 0. The molecule has 2 amide bonds. The van der Waals surface area contributed by atoms with Crippen LogP contribution in [0.2, 0.25) is 0 Å². The van der Waals surface area contributed by atoms with Crippen molar-refractivity contribution < 1.29 is 18.7 Å². The van der Waals surface area contributed by atoms with Gasteiger partial charge in [-0.25, -0.2) is 4.39 Å². The molecule has 5 nitrogen and oxygen atoms in total. The second-order valence-electron chi connectivity index (χ2n) is 4.83. The number of carbonyl (C=O) groups is 2. The van der Waals surface area contributed by atoms with Crippen LogP contribution in [0.3, 0.4) is 0 Å². The molecule has 0 saturated carbocycles. The van der Waals surface area contributed by atoms with Crippen molar-refractivity contribution in [1.82, 2.24) is 4.90 Å². The van der Waals surface area contributed by atoms with E-state index in [-0.39, 0.29) is 24.3 Å². The van der Waals surface area contributed by atoms with Crippen LogP contribution in [0.25, 0.3) is 0 Å². The smallest absolute Gasteiger partial charge is 0.260 e. The average molecular weight is 280 g/mol. The summed E-state index contributed by atoms with van der Waals surface area (Å²) in [5, 5.41) is 0. The van der Waals surface area contributed by atoms with E-state index in [2.05, 4.69) is 0 Å². The van der Waals surface area contributed by atoms with Crippen LogP contribution in [-0.2, 0) is 9.59 Å². The molecule has 0 radical (unpaired) electrons. The van der Waals surface area contributed by atoms with E-state index in [1.807, 2.05) is 0 Å². The molecule has 1 aromatic carbocycles. The number of rotatable bonds is 4. The van der Waals surface area contributed by atoms with Crippen molar-refractivity contribution in [1.29, 1.82) is 0 Å². The van der Waals surface area contributed by atoms with Gasteiger partial charge in [0.25, 0.3) is 5.91 Å². The Morgan fingerprint density at radius 2 is 2.25 bits per heavy atom. The first-order chi connectivity index (χ1) is 9.56. The van der Waals surface area contributed by atoms with Crippen LogP contribution in [-0.4, -0.2) is 36.4 Å². The summed E-state index contributed by atoms with van der Waals surface area (Å²) < 4.78 is 18.2. The Bertz CT molecular complexity index is 507. The quantitative estimate of drug-likeness (QED) is 0.891. The summed E-state index contributed by atoms with van der Waals surface area (Å²) in [6.07, 6.45) is 1.46. The van der Waals surface area contributed by atoms with E-state index >= 15 is 0 Å². The van der Waals surface area contributed by atoms with E-state index < -0.39 is 5.82 Å². The zero-order valence-corrected chi connectivity index (χ0v) is 11.0. The zero-order valence-electron chi connectivity index (χ0n) is 11.0. The number of ether oxygens (including phenoxy) is 1. The minimum atomic E-state index is -0.415. The number of nitrogens with two attached hydrogens (primary N) is 1. The number of hydrogen-bond donors (Lipinski definition) is 1. The third kappa shape index (κ3) is 3.69. The molecule has 108 valence electrons. The lowest BCUT2D eigenvalue weighted by molar-refractivity contribution is -0.136. The van der Waals surface area contributed by atoms with Crippen molar-refractivity contribution in [3.63, 3.8) is 0 Å².